The molecule has 3 nitrogen and oxygen atoms in total. The maximum Gasteiger partial charge on any atom is 0.163 e. The Bertz CT molecular complexity index is 671. The van der Waals surface area contributed by atoms with E-state index in [4.69, 9.17) is 9.47 Å². The second kappa shape index (κ2) is 6.06. The molecule has 1 saturated heterocycles. The van der Waals surface area contributed by atoms with Crippen LogP contribution in [0.2, 0.25) is 0 Å². The van der Waals surface area contributed by atoms with Gasteiger partial charge in [0.15, 0.2) is 5.79 Å². The first-order valence-electron chi connectivity index (χ1n) is 11.9. The maximum absolute atomic E-state index is 12.5. The topological polar surface area (TPSA) is 35.5 Å². The molecule has 0 aromatic carbocycles. The molecule has 1 heterocycles. The molecule has 1 aliphatic heterocycles. The van der Waals surface area contributed by atoms with Crippen molar-refractivity contribution in [2.75, 3.05) is 0 Å². The number of carbonyl (C=O) groups is 1. The first-order valence-corrected chi connectivity index (χ1v) is 11.9. The van der Waals surface area contributed by atoms with Crippen LogP contribution < -0.4 is 0 Å². The molecule has 3 heteroatoms. The summed E-state index contributed by atoms with van der Waals surface area (Å²) in [5, 5.41) is 0. The minimum atomic E-state index is -0.474. The Kier molecular flexibility index (Phi) is 4.23. The molecule has 5 rings (SSSR count). The summed E-state index contributed by atoms with van der Waals surface area (Å²) in [7, 11) is 0. The van der Waals surface area contributed by atoms with Crippen LogP contribution in [0.15, 0.2) is 0 Å². The van der Waals surface area contributed by atoms with Gasteiger partial charge in [-0.1, -0.05) is 27.2 Å². The van der Waals surface area contributed by atoms with Gasteiger partial charge in [0.05, 0.1) is 12.2 Å². The van der Waals surface area contributed by atoms with Crippen LogP contribution in [0.5, 0.6) is 0 Å². The minimum absolute atomic E-state index is 0.165. The molecule has 1 unspecified atom stereocenters. The quantitative estimate of drug-likeness (QED) is 0.586. The maximum atomic E-state index is 12.5. The fraction of sp³-hybridized carbons (Fsp3) is 0.960. The highest BCUT2D eigenvalue weighted by atomic mass is 16.8. The number of rotatable bonds is 1. The fourth-order valence-electron chi connectivity index (χ4n) is 9.05. The highest BCUT2D eigenvalue weighted by Gasteiger charge is 2.68. The van der Waals surface area contributed by atoms with Gasteiger partial charge < -0.3 is 9.47 Å². The zero-order valence-electron chi connectivity index (χ0n) is 18.8. The van der Waals surface area contributed by atoms with Gasteiger partial charge in [-0.25, -0.2) is 0 Å². The number of fused-ring (bicyclic) bond motifs is 8. The van der Waals surface area contributed by atoms with E-state index in [1.54, 1.807) is 0 Å². The number of hydrogen-bond donors (Lipinski definition) is 0. The SMILES string of the molecule is CC(=O)C1CC[C@H]2[C@@H]3[C@H]4OC(C)(C)O[C@@H]4[C@H]4C[C@@H](C)CC[C@]4(C)[C@H]3CC[C@]12C. The van der Waals surface area contributed by atoms with E-state index >= 15 is 0 Å². The smallest absolute Gasteiger partial charge is 0.163 e. The zero-order valence-corrected chi connectivity index (χ0v) is 18.8. The molecule has 0 radical (unpaired) electrons. The molecule has 4 saturated carbocycles. The Balaban J connectivity index is 1.57. The van der Waals surface area contributed by atoms with Gasteiger partial charge in [0.25, 0.3) is 0 Å². The van der Waals surface area contributed by atoms with Crippen molar-refractivity contribution in [1.82, 2.24) is 0 Å². The van der Waals surface area contributed by atoms with E-state index in [0.717, 1.165) is 18.3 Å². The number of carbonyl (C=O) groups excluding carboxylic acids is 1. The molecular weight excluding hydrogens is 348 g/mol. The third kappa shape index (κ3) is 2.51. The first kappa shape index (κ1) is 19.5. The Labute approximate surface area is 171 Å². The number of hydrogen-bond acceptors (Lipinski definition) is 3. The highest BCUT2D eigenvalue weighted by molar-refractivity contribution is 5.79. The molecule has 28 heavy (non-hydrogen) atoms. The van der Waals surface area contributed by atoms with E-state index in [-0.39, 0.29) is 23.5 Å². The van der Waals surface area contributed by atoms with Crippen molar-refractivity contribution in [3.63, 3.8) is 0 Å². The van der Waals surface area contributed by atoms with Crippen LogP contribution in [0.3, 0.4) is 0 Å². The standard InChI is InChI=1S/C25H40O3/c1-14-9-11-25(6)18-10-12-24(5)16(15(2)26)7-8-17(24)20(18)22-21(19(25)13-14)27-23(3,4)28-22/h14,16-22H,7-13H2,1-6H3/t14-,16?,17-,18-,19+,20-,21+,22+,24+,25+/m0/s1. The van der Waals surface area contributed by atoms with Gasteiger partial charge in [0.2, 0.25) is 0 Å². The van der Waals surface area contributed by atoms with Crippen LogP contribution in [-0.4, -0.2) is 23.8 Å². The molecule has 158 valence electrons. The van der Waals surface area contributed by atoms with Crippen molar-refractivity contribution in [3.05, 3.63) is 0 Å². The van der Waals surface area contributed by atoms with Crippen LogP contribution in [0, 0.1) is 46.3 Å². The molecule has 0 spiro atoms. The monoisotopic (exact) mass is 388 g/mol. The van der Waals surface area contributed by atoms with Gasteiger partial charge in [-0.3, -0.25) is 4.79 Å². The highest BCUT2D eigenvalue weighted by Crippen LogP contribution is 2.69. The Morgan fingerprint density at radius 1 is 0.821 bits per heavy atom. The lowest BCUT2D eigenvalue weighted by molar-refractivity contribution is -0.184. The van der Waals surface area contributed by atoms with Gasteiger partial charge in [-0.05, 0) is 99.7 Å². The van der Waals surface area contributed by atoms with E-state index in [2.05, 4.69) is 34.6 Å². The largest absolute Gasteiger partial charge is 0.344 e. The average Bonchev–Trinajstić information content (AvgIpc) is 3.12. The van der Waals surface area contributed by atoms with Gasteiger partial charge in [-0.2, -0.15) is 0 Å². The number of Topliss-reactive ketones (excluding diaryl/α,β-unsaturated/α-hetero) is 1. The predicted octanol–water partition coefficient (Wildman–Crippen LogP) is 5.61. The van der Waals surface area contributed by atoms with Crippen LogP contribution in [-0.2, 0) is 14.3 Å². The molecule has 10 atom stereocenters. The predicted molar refractivity (Wildman–Crippen MR) is 110 cm³/mol. The third-order valence-electron chi connectivity index (χ3n) is 10.3. The van der Waals surface area contributed by atoms with Crippen LogP contribution in [0.4, 0.5) is 0 Å². The van der Waals surface area contributed by atoms with E-state index in [1.165, 1.54) is 38.5 Å². The molecule has 5 fully saturated rings. The summed E-state index contributed by atoms with van der Waals surface area (Å²) >= 11 is 0. The van der Waals surface area contributed by atoms with Gasteiger partial charge >= 0.3 is 0 Å². The molecule has 0 aromatic heterocycles. The zero-order chi connectivity index (χ0) is 20.1. The summed E-state index contributed by atoms with van der Waals surface area (Å²) < 4.78 is 13.3. The summed E-state index contributed by atoms with van der Waals surface area (Å²) in [6.07, 6.45) is 9.23. The second-order valence-electron chi connectivity index (χ2n) is 12.1. The lowest BCUT2D eigenvalue weighted by Gasteiger charge is -2.63. The molecule has 0 amide bonds. The number of ketones is 1. The third-order valence-corrected chi connectivity index (χ3v) is 10.3. The lowest BCUT2D eigenvalue weighted by Crippen LogP contribution is -2.63. The van der Waals surface area contributed by atoms with Crippen molar-refractivity contribution >= 4 is 5.78 Å². The van der Waals surface area contributed by atoms with E-state index in [1.807, 2.05) is 6.92 Å². The van der Waals surface area contributed by atoms with E-state index in [9.17, 15) is 4.79 Å². The van der Waals surface area contributed by atoms with Gasteiger partial charge in [-0.15, -0.1) is 0 Å². The molecule has 0 aromatic rings. The molecule has 0 N–H and O–H groups in total. The fourth-order valence-corrected chi connectivity index (χ4v) is 9.05. The van der Waals surface area contributed by atoms with Crippen molar-refractivity contribution < 1.29 is 14.3 Å². The summed E-state index contributed by atoms with van der Waals surface area (Å²) in [5.41, 5.74) is 0.538. The Morgan fingerprint density at radius 2 is 1.46 bits per heavy atom. The lowest BCUT2D eigenvalue weighted by atomic mass is 9.43. The van der Waals surface area contributed by atoms with Crippen molar-refractivity contribution in [2.45, 2.75) is 104 Å². The van der Waals surface area contributed by atoms with Crippen LogP contribution >= 0.6 is 0 Å². The van der Waals surface area contributed by atoms with Crippen molar-refractivity contribution in [2.24, 2.45) is 46.3 Å². The van der Waals surface area contributed by atoms with E-state index < -0.39 is 5.79 Å². The van der Waals surface area contributed by atoms with Gasteiger partial charge in [0, 0.05) is 5.92 Å². The minimum Gasteiger partial charge on any atom is -0.344 e. The molecule has 5 aliphatic rings. The van der Waals surface area contributed by atoms with Crippen LogP contribution in [0.1, 0.15) is 86.5 Å². The summed E-state index contributed by atoms with van der Waals surface area (Å²) in [4.78, 5) is 12.5. The van der Waals surface area contributed by atoms with Crippen molar-refractivity contribution in [1.29, 1.82) is 0 Å². The second-order valence-corrected chi connectivity index (χ2v) is 12.1. The van der Waals surface area contributed by atoms with Crippen molar-refractivity contribution in [3.8, 4) is 0 Å². The Morgan fingerprint density at radius 3 is 2.18 bits per heavy atom. The normalized spacial score (nSPS) is 57.1. The molecule has 0 bridgehead atoms. The summed E-state index contributed by atoms with van der Waals surface area (Å²) in [6, 6.07) is 0. The Hall–Kier alpha value is -0.410. The van der Waals surface area contributed by atoms with Crippen LogP contribution in [0.25, 0.3) is 0 Å². The number of ether oxygens (including phenoxy) is 2. The molecular formula is C25H40O3. The average molecular weight is 389 g/mol. The molecule has 4 aliphatic carbocycles. The van der Waals surface area contributed by atoms with E-state index in [0.29, 0.717) is 29.0 Å². The summed E-state index contributed by atoms with van der Waals surface area (Å²) in [6.45, 7) is 13.5. The first-order chi connectivity index (χ1) is 13.1. The summed E-state index contributed by atoms with van der Waals surface area (Å²) in [5.74, 6) is 3.51. The van der Waals surface area contributed by atoms with Gasteiger partial charge in [0.1, 0.15) is 5.78 Å².